The van der Waals surface area contributed by atoms with E-state index in [1.807, 2.05) is 41.3 Å². The highest BCUT2D eigenvalue weighted by Gasteiger charge is 2.24. The Hall–Kier alpha value is -2.13. The third kappa shape index (κ3) is 4.67. The first-order chi connectivity index (χ1) is 11.3. The lowest BCUT2D eigenvalue weighted by Crippen LogP contribution is -2.46. The number of benzene rings is 2. The van der Waals surface area contributed by atoms with Crippen LogP contribution < -0.4 is 0 Å². The van der Waals surface area contributed by atoms with E-state index in [1.165, 1.54) is 11.1 Å². The van der Waals surface area contributed by atoms with Crippen LogP contribution in [0.3, 0.4) is 0 Å². The van der Waals surface area contributed by atoms with Crippen LogP contribution in [0.25, 0.3) is 0 Å². The topological polar surface area (TPSA) is 29.5 Å². The highest BCUT2D eigenvalue weighted by atomic mass is 16.5. The molecule has 2 aromatic carbocycles. The summed E-state index contributed by atoms with van der Waals surface area (Å²) in [5, 5.41) is 0. The predicted molar refractivity (Wildman–Crippen MR) is 91.2 cm³/mol. The molecule has 1 atom stereocenters. The first-order valence-corrected chi connectivity index (χ1v) is 8.28. The van der Waals surface area contributed by atoms with Gasteiger partial charge in [-0.2, -0.15) is 0 Å². The van der Waals surface area contributed by atoms with Gasteiger partial charge in [0.05, 0.1) is 12.7 Å². The Balaban J connectivity index is 1.50. The lowest BCUT2D eigenvalue weighted by atomic mass is 10.1. The Morgan fingerprint density at radius 3 is 2.35 bits per heavy atom. The van der Waals surface area contributed by atoms with Crippen LogP contribution in [0.1, 0.15) is 17.5 Å². The summed E-state index contributed by atoms with van der Waals surface area (Å²) < 4.78 is 5.83. The van der Waals surface area contributed by atoms with Crippen LogP contribution in [0, 0.1) is 0 Å². The van der Waals surface area contributed by atoms with E-state index < -0.39 is 0 Å². The van der Waals surface area contributed by atoms with Crippen molar-refractivity contribution >= 4 is 5.91 Å². The minimum atomic E-state index is 0.104. The van der Waals surface area contributed by atoms with Gasteiger partial charge in [0.25, 0.3) is 0 Å². The van der Waals surface area contributed by atoms with E-state index >= 15 is 0 Å². The van der Waals surface area contributed by atoms with Crippen molar-refractivity contribution in [2.24, 2.45) is 0 Å². The predicted octanol–water partition coefficient (Wildman–Crippen LogP) is 3.09. The van der Waals surface area contributed by atoms with Gasteiger partial charge in [-0.15, -0.1) is 0 Å². The number of amides is 1. The van der Waals surface area contributed by atoms with Gasteiger partial charge in [-0.3, -0.25) is 4.79 Å². The number of hydrogen-bond acceptors (Lipinski definition) is 2. The molecule has 1 aliphatic heterocycles. The largest absolute Gasteiger partial charge is 0.374 e. The Labute approximate surface area is 137 Å². The fourth-order valence-corrected chi connectivity index (χ4v) is 3.00. The van der Waals surface area contributed by atoms with Crippen LogP contribution >= 0.6 is 0 Å². The summed E-state index contributed by atoms with van der Waals surface area (Å²) in [6.45, 7) is 2.04. The molecule has 120 valence electrons. The summed E-state index contributed by atoms with van der Waals surface area (Å²) in [5.74, 6) is 0.232. The van der Waals surface area contributed by atoms with E-state index in [4.69, 9.17) is 4.74 Å². The van der Waals surface area contributed by atoms with Gasteiger partial charge in [0, 0.05) is 25.9 Å². The molecule has 0 spiro atoms. The van der Waals surface area contributed by atoms with Crippen molar-refractivity contribution < 1.29 is 9.53 Å². The van der Waals surface area contributed by atoms with Gasteiger partial charge in [0.2, 0.25) is 5.91 Å². The molecule has 3 rings (SSSR count). The molecular weight excluding hydrogens is 286 g/mol. The zero-order valence-corrected chi connectivity index (χ0v) is 13.4. The van der Waals surface area contributed by atoms with Crippen molar-refractivity contribution in [3.63, 3.8) is 0 Å². The van der Waals surface area contributed by atoms with Gasteiger partial charge in [0.1, 0.15) is 0 Å². The van der Waals surface area contributed by atoms with Crippen LogP contribution in [-0.2, 0) is 22.4 Å². The molecule has 1 aliphatic rings. The lowest BCUT2D eigenvalue weighted by Gasteiger charge is -2.33. The minimum absolute atomic E-state index is 0.104. The first kappa shape index (κ1) is 15.8. The molecule has 3 nitrogen and oxygen atoms in total. The van der Waals surface area contributed by atoms with Crippen molar-refractivity contribution in [3.8, 4) is 0 Å². The fourth-order valence-electron chi connectivity index (χ4n) is 3.00. The molecule has 1 heterocycles. The van der Waals surface area contributed by atoms with E-state index in [0.717, 1.165) is 12.8 Å². The molecule has 3 heteroatoms. The normalized spacial score (nSPS) is 17.9. The van der Waals surface area contributed by atoms with Crippen molar-refractivity contribution in [1.82, 2.24) is 4.90 Å². The molecule has 0 N–H and O–H groups in total. The van der Waals surface area contributed by atoms with Crippen molar-refractivity contribution in [3.05, 3.63) is 71.8 Å². The molecule has 1 amide bonds. The maximum Gasteiger partial charge on any atom is 0.223 e. The molecule has 0 aromatic heterocycles. The molecule has 0 aliphatic carbocycles. The van der Waals surface area contributed by atoms with Crippen molar-refractivity contribution in [1.29, 1.82) is 0 Å². The number of morpholine rings is 1. The summed E-state index contributed by atoms with van der Waals surface area (Å²) in [7, 11) is 0. The maximum absolute atomic E-state index is 12.4. The second kappa shape index (κ2) is 7.93. The Morgan fingerprint density at radius 1 is 1.00 bits per heavy atom. The second-order valence-electron chi connectivity index (χ2n) is 6.01. The summed E-state index contributed by atoms with van der Waals surface area (Å²) in [5.41, 5.74) is 2.48. The third-order valence-electron chi connectivity index (χ3n) is 4.27. The standard InChI is InChI=1S/C20H23NO2/c22-20(12-11-17-7-3-1-4-8-17)21-13-14-23-19(16-21)15-18-9-5-2-6-10-18/h1-10,19H,11-16H2. The van der Waals surface area contributed by atoms with Crippen LogP contribution in [0.5, 0.6) is 0 Å². The maximum atomic E-state index is 12.4. The molecule has 0 saturated carbocycles. The summed E-state index contributed by atoms with van der Waals surface area (Å²) >= 11 is 0. The minimum Gasteiger partial charge on any atom is -0.374 e. The molecule has 1 saturated heterocycles. The van der Waals surface area contributed by atoms with Gasteiger partial charge < -0.3 is 9.64 Å². The van der Waals surface area contributed by atoms with Gasteiger partial charge in [0.15, 0.2) is 0 Å². The van der Waals surface area contributed by atoms with E-state index in [1.54, 1.807) is 0 Å². The Bertz CT molecular complexity index is 612. The average molecular weight is 309 g/mol. The SMILES string of the molecule is O=C(CCc1ccccc1)N1CCOC(Cc2ccccc2)C1. The number of ether oxygens (including phenoxy) is 1. The van der Waals surface area contributed by atoms with Crippen LogP contribution in [0.15, 0.2) is 60.7 Å². The molecular formula is C20H23NO2. The van der Waals surface area contributed by atoms with E-state index in [0.29, 0.717) is 26.1 Å². The lowest BCUT2D eigenvalue weighted by molar-refractivity contribution is -0.138. The second-order valence-corrected chi connectivity index (χ2v) is 6.01. The molecule has 23 heavy (non-hydrogen) atoms. The smallest absolute Gasteiger partial charge is 0.223 e. The van der Waals surface area contributed by atoms with Gasteiger partial charge >= 0.3 is 0 Å². The van der Waals surface area contributed by atoms with Crippen molar-refractivity contribution in [2.45, 2.75) is 25.4 Å². The molecule has 1 fully saturated rings. The van der Waals surface area contributed by atoms with E-state index in [9.17, 15) is 4.79 Å². The van der Waals surface area contributed by atoms with Gasteiger partial charge in [-0.1, -0.05) is 60.7 Å². The first-order valence-electron chi connectivity index (χ1n) is 8.28. The molecule has 2 aromatic rings. The third-order valence-corrected chi connectivity index (χ3v) is 4.27. The Morgan fingerprint density at radius 2 is 1.65 bits per heavy atom. The van der Waals surface area contributed by atoms with Crippen LogP contribution in [0.2, 0.25) is 0 Å². The number of hydrogen-bond donors (Lipinski definition) is 0. The average Bonchev–Trinajstić information content (AvgIpc) is 2.62. The zero-order chi connectivity index (χ0) is 15.9. The number of aryl methyl sites for hydroxylation is 1. The summed E-state index contributed by atoms with van der Waals surface area (Å²) in [6, 6.07) is 20.5. The summed E-state index contributed by atoms with van der Waals surface area (Å²) in [6.07, 6.45) is 2.35. The van der Waals surface area contributed by atoms with Crippen LogP contribution in [0.4, 0.5) is 0 Å². The number of nitrogens with zero attached hydrogens (tertiary/aromatic N) is 1. The zero-order valence-electron chi connectivity index (χ0n) is 13.4. The quantitative estimate of drug-likeness (QED) is 0.849. The van der Waals surface area contributed by atoms with E-state index in [-0.39, 0.29) is 12.0 Å². The molecule has 1 unspecified atom stereocenters. The van der Waals surface area contributed by atoms with Gasteiger partial charge in [-0.05, 0) is 17.5 Å². The van der Waals surface area contributed by atoms with Crippen molar-refractivity contribution in [2.75, 3.05) is 19.7 Å². The van der Waals surface area contributed by atoms with E-state index in [2.05, 4.69) is 24.3 Å². The summed E-state index contributed by atoms with van der Waals surface area (Å²) in [4.78, 5) is 14.4. The number of rotatable bonds is 5. The number of carbonyl (C=O) groups is 1. The highest BCUT2D eigenvalue weighted by Crippen LogP contribution is 2.13. The van der Waals surface area contributed by atoms with Gasteiger partial charge in [-0.25, -0.2) is 0 Å². The fraction of sp³-hybridized carbons (Fsp3) is 0.350. The highest BCUT2D eigenvalue weighted by molar-refractivity contribution is 5.76. The monoisotopic (exact) mass is 309 g/mol. The van der Waals surface area contributed by atoms with Crippen LogP contribution in [-0.4, -0.2) is 36.6 Å². The molecule has 0 radical (unpaired) electrons. The number of carbonyl (C=O) groups excluding carboxylic acids is 1. The molecule has 0 bridgehead atoms. The Kier molecular flexibility index (Phi) is 5.43.